The van der Waals surface area contributed by atoms with Gasteiger partial charge < -0.3 is 0 Å². The zero-order valence-corrected chi connectivity index (χ0v) is 11.3. The van der Waals surface area contributed by atoms with Gasteiger partial charge in [0.1, 0.15) is 0 Å². The largest absolute Gasteiger partial charge is 0.203 e. The standard InChI is InChI=1S/C16H22F2/c1-4-7-13(5-2)8-6-9-14-11-10-12(3)15(17)16(14)18/h5,10-11,13H,2,4,6-9H2,1,3H3. The highest BCUT2D eigenvalue weighted by Gasteiger charge is 2.11. The van der Waals surface area contributed by atoms with E-state index in [-0.39, 0.29) is 0 Å². The summed E-state index contributed by atoms with van der Waals surface area (Å²) < 4.78 is 27.0. The Balaban J connectivity index is 2.54. The number of aryl methyl sites for hydroxylation is 2. The minimum atomic E-state index is -0.707. The molecule has 0 amide bonds. The van der Waals surface area contributed by atoms with Crippen molar-refractivity contribution >= 4 is 0 Å². The Kier molecular flexibility index (Phi) is 6.03. The summed E-state index contributed by atoms with van der Waals surface area (Å²) in [5, 5.41) is 0. The van der Waals surface area contributed by atoms with Gasteiger partial charge in [-0.2, -0.15) is 0 Å². The fourth-order valence-electron chi connectivity index (χ4n) is 2.18. The highest BCUT2D eigenvalue weighted by molar-refractivity contribution is 5.25. The van der Waals surface area contributed by atoms with Crippen molar-refractivity contribution in [2.45, 2.75) is 46.0 Å². The number of hydrogen-bond donors (Lipinski definition) is 0. The van der Waals surface area contributed by atoms with E-state index in [4.69, 9.17) is 0 Å². The van der Waals surface area contributed by atoms with Crippen molar-refractivity contribution in [3.63, 3.8) is 0 Å². The van der Waals surface area contributed by atoms with Crippen LogP contribution in [0.4, 0.5) is 8.78 Å². The van der Waals surface area contributed by atoms with Crippen molar-refractivity contribution in [2.75, 3.05) is 0 Å². The number of benzene rings is 1. The van der Waals surface area contributed by atoms with Crippen LogP contribution in [0, 0.1) is 24.5 Å². The van der Waals surface area contributed by atoms with Gasteiger partial charge in [0.2, 0.25) is 0 Å². The smallest absolute Gasteiger partial charge is 0.162 e. The van der Waals surface area contributed by atoms with Crippen LogP contribution in [0.2, 0.25) is 0 Å². The van der Waals surface area contributed by atoms with Crippen LogP contribution in [-0.4, -0.2) is 0 Å². The molecule has 0 spiro atoms. The lowest BCUT2D eigenvalue weighted by Gasteiger charge is -2.11. The first-order chi connectivity index (χ1) is 8.60. The van der Waals surface area contributed by atoms with Gasteiger partial charge in [-0.3, -0.25) is 0 Å². The predicted octanol–water partition coefficient (Wildman–Crippen LogP) is 5.20. The number of allylic oxidation sites excluding steroid dienone is 1. The molecule has 2 heteroatoms. The second-order valence-corrected chi connectivity index (χ2v) is 4.85. The fourth-order valence-corrected chi connectivity index (χ4v) is 2.18. The van der Waals surface area contributed by atoms with E-state index in [0.717, 1.165) is 25.7 Å². The molecule has 0 radical (unpaired) electrons. The van der Waals surface area contributed by atoms with Gasteiger partial charge >= 0.3 is 0 Å². The molecule has 0 aromatic heterocycles. The lowest BCUT2D eigenvalue weighted by Crippen LogP contribution is -2.00. The second kappa shape index (κ2) is 7.30. The van der Waals surface area contributed by atoms with Gasteiger partial charge in [0.05, 0.1) is 0 Å². The van der Waals surface area contributed by atoms with Crippen molar-refractivity contribution in [1.82, 2.24) is 0 Å². The molecule has 0 aliphatic carbocycles. The highest BCUT2D eigenvalue weighted by atomic mass is 19.2. The summed E-state index contributed by atoms with van der Waals surface area (Å²) in [6.45, 7) is 7.54. The van der Waals surface area contributed by atoms with E-state index in [9.17, 15) is 8.78 Å². The third-order valence-corrected chi connectivity index (χ3v) is 3.37. The Labute approximate surface area is 109 Å². The molecule has 0 aliphatic rings. The Bertz CT molecular complexity index is 396. The third-order valence-electron chi connectivity index (χ3n) is 3.37. The number of hydrogen-bond acceptors (Lipinski definition) is 0. The van der Waals surface area contributed by atoms with Crippen LogP contribution in [0.5, 0.6) is 0 Å². The molecular formula is C16H22F2. The van der Waals surface area contributed by atoms with Crippen molar-refractivity contribution in [3.8, 4) is 0 Å². The highest BCUT2D eigenvalue weighted by Crippen LogP contribution is 2.20. The molecule has 1 aromatic rings. The quantitative estimate of drug-likeness (QED) is 0.585. The average molecular weight is 252 g/mol. The number of rotatable bonds is 7. The molecule has 1 atom stereocenters. The Morgan fingerprint density at radius 1 is 1.22 bits per heavy atom. The second-order valence-electron chi connectivity index (χ2n) is 4.85. The average Bonchev–Trinajstić information content (AvgIpc) is 2.37. The summed E-state index contributed by atoms with van der Waals surface area (Å²) in [7, 11) is 0. The van der Waals surface area contributed by atoms with Crippen LogP contribution in [0.15, 0.2) is 24.8 Å². The van der Waals surface area contributed by atoms with Gasteiger partial charge in [-0.1, -0.05) is 31.6 Å². The topological polar surface area (TPSA) is 0 Å². The molecule has 0 heterocycles. The Hall–Kier alpha value is -1.18. The third kappa shape index (κ3) is 3.94. The lowest BCUT2D eigenvalue weighted by molar-refractivity contribution is 0.481. The fraction of sp³-hybridized carbons (Fsp3) is 0.500. The van der Waals surface area contributed by atoms with E-state index in [0.29, 0.717) is 23.5 Å². The van der Waals surface area contributed by atoms with Gasteiger partial charge in [0, 0.05) is 0 Å². The van der Waals surface area contributed by atoms with Crippen LogP contribution in [0.3, 0.4) is 0 Å². The van der Waals surface area contributed by atoms with E-state index >= 15 is 0 Å². The van der Waals surface area contributed by atoms with E-state index < -0.39 is 11.6 Å². The lowest BCUT2D eigenvalue weighted by atomic mass is 9.95. The molecule has 0 aliphatic heterocycles. The first-order valence-corrected chi connectivity index (χ1v) is 6.66. The zero-order valence-electron chi connectivity index (χ0n) is 11.3. The maximum atomic E-state index is 13.6. The van der Waals surface area contributed by atoms with Crippen LogP contribution >= 0.6 is 0 Å². The summed E-state index contributed by atoms with van der Waals surface area (Å²) >= 11 is 0. The monoisotopic (exact) mass is 252 g/mol. The van der Waals surface area contributed by atoms with Crippen molar-refractivity contribution in [3.05, 3.63) is 47.5 Å². The maximum Gasteiger partial charge on any atom is 0.162 e. The SMILES string of the molecule is C=CC(CCC)CCCc1ccc(C)c(F)c1F. The number of halogens is 2. The predicted molar refractivity (Wildman–Crippen MR) is 72.6 cm³/mol. The van der Waals surface area contributed by atoms with E-state index in [2.05, 4.69) is 13.5 Å². The molecule has 0 nitrogen and oxygen atoms in total. The minimum absolute atomic E-state index is 0.367. The molecule has 0 saturated heterocycles. The molecule has 1 unspecified atom stereocenters. The minimum Gasteiger partial charge on any atom is -0.203 e. The summed E-state index contributed by atoms with van der Waals surface area (Å²) in [4.78, 5) is 0. The van der Waals surface area contributed by atoms with Gasteiger partial charge in [-0.15, -0.1) is 6.58 Å². The van der Waals surface area contributed by atoms with Crippen molar-refractivity contribution in [2.24, 2.45) is 5.92 Å². The molecule has 18 heavy (non-hydrogen) atoms. The van der Waals surface area contributed by atoms with E-state index in [1.807, 2.05) is 6.08 Å². The van der Waals surface area contributed by atoms with Gasteiger partial charge in [-0.25, -0.2) is 8.78 Å². The van der Waals surface area contributed by atoms with E-state index in [1.54, 1.807) is 19.1 Å². The zero-order chi connectivity index (χ0) is 13.5. The molecule has 0 saturated carbocycles. The van der Waals surface area contributed by atoms with Gasteiger partial charge in [-0.05, 0) is 49.7 Å². The maximum absolute atomic E-state index is 13.6. The molecule has 0 bridgehead atoms. The van der Waals surface area contributed by atoms with Crippen LogP contribution in [0.1, 0.15) is 43.7 Å². The van der Waals surface area contributed by atoms with Crippen molar-refractivity contribution in [1.29, 1.82) is 0 Å². The Morgan fingerprint density at radius 3 is 2.56 bits per heavy atom. The van der Waals surface area contributed by atoms with Gasteiger partial charge in [0.15, 0.2) is 11.6 Å². The molecule has 1 rings (SSSR count). The van der Waals surface area contributed by atoms with Crippen molar-refractivity contribution < 1.29 is 8.78 Å². The normalized spacial score (nSPS) is 12.4. The van der Waals surface area contributed by atoms with E-state index in [1.165, 1.54) is 0 Å². The van der Waals surface area contributed by atoms with Crippen LogP contribution in [0.25, 0.3) is 0 Å². The summed E-state index contributed by atoms with van der Waals surface area (Å²) in [6.07, 6.45) is 6.67. The first kappa shape index (κ1) is 14.9. The summed E-state index contributed by atoms with van der Waals surface area (Å²) in [6, 6.07) is 3.33. The molecule has 0 N–H and O–H groups in total. The molecular weight excluding hydrogens is 230 g/mol. The van der Waals surface area contributed by atoms with Gasteiger partial charge in [0.25, 0.3) is 0 Å². The molecule has 1 aromatic carbocycles. The summed E-state index contributed by atoms with van der Waals surface area (Å²) in [5.74, 6) is -0.893. The van der Waals surface area contributed by atoms with Crippen LogP contribution < -0.4 is 0 Å². The first-order valence-electron chi connectivity index (χ1n) is 6.66. The molecule has 100 valence electrons. The Morgan fingerprint density at radius 2 is 1.94 bits per heavy atom. The summed E-state index contributed by atoms with van der Waals surface area (Å²) in [5.41, 5.74) is 0.851. The molecule has 0 fully saturated rings. The van der Waals surface area contributed by atoms with Crippen LogP contribution in [-0.2, 0) is 6.42 Å².